The summed E-state index contributed by atoms with van der Waals surface area (Å²) in [5.41, 5.74) is 5.55. The first-order valence-corrected chi connectivity index (χ1v) is 7.02. The molecule has 0 aromatic rings. The lowest BCUT2D eigenvalue weighted by atomic mass is 9.82. The first-order valence-electron chi connectivity index (χ1n) is 7.02. The van der Waals surface area contributed by atoms with Crippen LogP contribution in [-0.4, -0.2) is 18.5 Å². The van der Waals surface area contributed by atoms with E-state index in [4.69, 9.17) is 5.73 Å². The van der Waals surface area contributed by atoms with E-state index < -0.39 is 0 Å². The van der Waals surface area contributed by atoms with Gasteiger partial charge in [0.05, 0.1) is 0 Å². The summed E-state index contributed by atoms with van der Waals surface area (Å²) in [6.07, 6.45) is 7.20. The Kier molecular flexibility index (Phi) is 7.88. The van der Waals surface area contributed by atoms with Crippen LogP contribution in [0.15, 0.2) is 0 Å². The summed E-state index contributed by atoms with van der Waals surface area (Å²) >= 11 is 0. The normalized spacial score (nSPS) is 18.9. The highest BCUT2D eigenvalue weighted by atomic mass is 35.5. The van der Waals surface area contributed by atoms with Crippen LogP contribution in [0, 0.1) is 11.3 Å². The zero-order valence-electron chi connectivity index (χ0n) is 12.0. The van der Waals surface area contributed by atoms with Crippen LogP contribution < -0.4 is 11.1 Å². The number of nitrogens with one attached hydrogen (secondary N) is 1. The van der Waals surface area contributed by atoms with Crippen molar-refractivity contribution in [1.29, 1.82) is 0 Å². The molecule has 0 spiro atoms. The predicted octanol–water partition coefficient (Wildman–Crippen LogP) is 2.87. The molecule has 3 N–H and O–H groups in total. The lowest BCUT2D eigenvalue weighted by molar-refractivity contribution is -0.130. The van der Waals surface area contributed by atoms with Crippen molar-refractivity contribution in [1.82, 2.24) is 5.32 Å². The second kappa shape index (κ2) is 8.00. The fourth-order valence-electron chi connectivity index (χ4n) is 2.43. The van der Waals surface area contributed by atoms with Gasteiger partial charge in [0, 0.05) is 18.0 Å². The molecule has 1 aliphatic carbocycles. The molecule has 0 saturated heterocycles. The van der Waals surface area contributed by atoms with Gasteiger partial charge in [0.25, 0.3) is 0 Å². The van der Waals surface area contributed by atoms with Crippen LogP contribution in [0.25, 0.3) is 0 Å². The highest BCUT2D eigenvalue weighted by molar-refractivity contribution is 5.85. The molecule has 1 amide bonds. The van der Waals surface area contributed by atoms with Crippen LogP contribution >= 0.6 is 12.4 Å². The Balaban J connectivity index is 0.00000289. The molecule has 1 aliphatic rings. The Labute approximate surface area is 118 Å². The van der Waals surface area contributed by atoms with Crippen LogP contribution in [0.1, 0.15) is 59.3 Å². The molecule has 1 rings (SSSR count). The van der Waals surface area contributed by atoms with E-state index in [1.165, 1.54) is 32.1 Å². The molecule has 3 nitrogen and oxygen atoms in total. The van der Waals surface area contributed by atoms with Gasteiger partial charge in [0.2, 0.25) is 5.91 Å². The molecule has 1 fully saturated rings. The number of rotatable bonds is 5. The minimum Gasteiger partial charge on any atom is -0.351 e. The molecule has 0 aliphatic heterocycles. The fourth-order valence-corrected chi connectivity index (χ4v) is 2.43. The lowest BCUT2D eigenvalue weighted by Crippen LogP contribution is -2.49. The van der Waals surface area contributed by atoms with E-state index in [-0.39, 0.29) is 29.8 Å². The number of nitrogens with two attached hydrogens (primary N) is 1. The van der Waals surface area contributed by atoms with Gasteiger partial charge in [-0.1, -0.05) is 40.0 Å². The number of carbonyl (C=O) groups is 1. The topological polar surface area (TPSA) is 55.1 Å². The van der Waals surface area contributed by atoms with E-state index >= 15 is 0 Å². The summed E-state index contributed by atoms with van der Waals surface area (Å²) in [6.45, 7) is 6.61. The van der Waals surface area contributed by atoms with Crippen molar-refractivity contribution in [2.45, 2.75) is 65.3 Å². The van der Waals surface area contributed by atoms with Crippen molar-refractivity contribution in [3.05, 3.63) is 0 Å². The van der Waals surface area contributed by atoms with Gasteiger partial charge in [-0.2, -0.15) is 0 Å². The zero-order valence-corrected chi connectivity index (χ0v) is 12.8. The standard InChI is InChI=1S/C14H28N2O.ClH/c1-4-14(2,3)13(17)16-12(10-15)11-8-6-5-7-9-11;/h11-12H,4-10,15H2,1-3H3,(H,16,17);1H. The minimum atomic E-state index is -0.276. The summed E-state index contributed by atoms with van der Waals surface area (Å²) in [5, 5.41) is 3.16. The van der Waals surface area contributed by atoms with Gasteiger partial charge in [-0.3, -0.25) is 4.79 Å². The summed E-state index contributed by atoms with van der Waals surface area (Å²) in [5.74, 6) is 0.742. The third-order valence-electron chi connectivity index (χ3n) is 4.29. The summed E-state index contributed by atoms with van der Waals surface area (Å²) < 4.78 is 0. The van der Waals surface area contributed by atoms with Crippen LogP contribution in [0.4, 0.5) is 0 Å². The summed E-state index contributed by atoms with van der Waals surface area (Å²) in [4.78, 5) is 12.1. The van der Waals surface area contributed by atoms with Gasteiger partial charge in [-0.15, -0.1) is 12.4 Å². The van der Waals surface area contributed by atoms with E-state index in [9.17, 15) is 4.79 Å². The highest BCUT2D eigenvalue weighted by Gasteiger charge is 2.30. The monoisotopic (exact) mass is 276 g/mol. The van der Waals surface area contributed by atoms with Gasteiger partial charge in [-0.25, -0.2) is 0 Å². The highest BCUT2D eigenvalue weighted by Crippen LogP contribution is 2.27. The SMILES string of the molecule is CCC(C)(C)C(=O)NC(CN)C1CCCCC1.Cl. The molecule has 0 bridgehead atoms. The molecule has 1 atom stereocenters. The fraction of sp³-hybridized carbons (Fsp3) is 0.929. The Morgan fingerprint density at radius 3 is 2.33 bits per heavy atom. The Hall–Kier alpha value is -0.280. The first kappa shape index (κ1) is 17.7. The van der Waals surface area contributed by atoms with E-state index in [1.807, 2.05) is 13.8 Å². The third kappa shape index (κ3) is 4.77. The van der Waals surface area contributed by atoms with Gasteiger partial charge >= 0.3 is 0 Å². The second-order valence-corrected chi connectivity index (χ2v) is 5.95. The average molecular weight is 277 g/mol. The second-order valence-electron chi connectivity index (χ2n) is 5.95. The van der Waals surface area contributed by atoms with Gasteiger partial charge in [0.15, 0.2) is 0 Å². The van der Waals surface area contributed by atoms with Crippen LogP contribution in [0.5, 0.6) is 0 Å². The van der Waals surface area contributed by atoms with E-state index in [0.717, 1.165) is 6.42 Å². The van der Waals surface area contributed by atoms with Crippen molar-refractivity contribution in [2.24, 2.45) is 17.1 Å². The van der Waals surface area contributed by atoms with Crippen LogP contribution in [-0.2, 0) is 4.79 Å². The maximum Gasteiger partial charge on any atom is 0.225 e. The molecule has 1 unspecified atom stereocenters. The van der Waals surface area contributed by atoms with E-state index in [2.05, 4.69) is 12.2 Å². The van der Waals surface area contributed by atoms with E-state index in [1.54, 1.807) is 0 Å². The molecular formula is C14H29ClN2O. The first-order chi connectivity index (χ1) is 8.01. The molecule has 4 heteroatoms. The summed E-state index contributed by atoms with van der Waals surface area (Å²) in [7, 11) is 0. The maximum absolute atomic E-state index is 12.1. The molecule has 0 radical (unpaired) electrons. The average Bonchev–Trinajstić information content (AvgIpc) is 2.36. The number of hydrogen-bond acceptors (Lipinski definition) is 2. The number of amides is 1. The van der Waals surface area contributed by atoms with Crippen molar-refractivity contribution in [2.75, 3.05) is 6.54 Å². The van der Waals surface area contributed by atoms with E-state index in [0.29, 0.717) is 12.5 Å². The molecule has 0 aromatic carbocycles. The third-order valence-corrected chi connectivity index (χ3v) is 4.29. The molecule has 108 valence electrons. The largest absolute Gasteiger partial charge is 0.351 e. The van der Waals surface area contributed by atoms with Crippen molar-refractivity contribution in [3.63, 3.8) is 0 Å². The van der Waals surface area contributed by atoms with Crippen molar-refractivity contribution >= 4 is 18.3 Å². The number of carbonyl (C=O) groups excluding carboxylic acids is 1. The van der Waals surface area contributed by atoms with Crippen LogP contribution in [0.3, 0.4) is 0 Å². The van der Waals surface area contributed by atoms with Gasteiger partial charge < -0.3 is 11.1 Å². The molecule has 18 heavy (non-hydrogen) atoms. The lowest BCUT2D eigenvalue weighted by Gasteiger charge is -2.32. The Bertz CT molecular complexity index is 250. The minimum absolute atomic E-state index is 0. The molecular weight excluding hydrogens is 248 g/mol. The number of hydrogen-bond donors (Lipinski definition) is 2. The number of halogens is 1. The molecule has 0 aromatic heterocycles. The smallest absolute Gasteiger partial charge is 0.225 e. The Morgan fingerprint density at radius 2 is 1.89 bits per heavy atom. The van der Waals surface area contributed by atoms with Crippen molar-refractivity contribution < 1.29 is 4.79 Å². The van der Waals surface area contributed by atoms with Crippen LogP contribution in [0.2, 0.25) is 0 Å². The quantitative estimate of drug-likeness (QED) is 0.811. The maximum atomic E-state index is 12.1. The zero-order chi connectivity index (χ0) is 12.9. The molecule has 1 saturated carbocycles. The van der Waals surface area contributed by atoms with Crippen molar-refractivity contribution in [3.8, 4) is 0 Å². The Morgan fingerprint density at radius 1 is 1.33 bits per heavy atom. The predicted molar refractivity (Wildman–Crippen MR) is 78.9 cm³/mol. The van der Waals surface area contributed by atoms with Gasteiger partial charge in [0.1, 0.15) is 0 Å². The molecule has 0 heterocycles. The summed E-state index contributed by atoms with van der Waals surface area (Å²) in [6, 6.07) is 0.175. The van der Waals surface area contributed by atoms with Gasteiger partial charge in [-0.05, 0) is 25.2 Å².